The van der Waals surface area contributed by atoms with Gasteiger partial charge < -0.3 is 19.9 Å². The van der Waals surface area contributed by atoms with Crippen LogP contribution in [-0.2, 0) is 9.53 Å². The summed E-state index contributed by atoms with van der Waals surface area (Å²) in [5, 5.41) is 3.73. The fourth-order valence-electron chi connectivity index (χ4n) is 4.01. The summed E-state index contributed by atoms with van der Waals surface area (Å²) >= 11 is 0. The Morgan fingerprint density at radius 2 is 1.55 bits per heavy atom. The summed E-state index contributed by atoms with van der Waals surface area (Å²) in [6, 6.07) is 16.6. The van der Waals surface area contributed by atoms with Crippen LogP contribution in [0.1, 0.15) is 21.6 Å². The molecule has 1 fully saturated rings. The van der Waals surface area contributed by atoms with Gasteiger partial charge in [0, 0.05) is 37.3 Å². The molecule has 3 amide bonds. The number of aromatic nitrogens is 1. The molecule has 0 spiro atoms. The topological polar surface area (TPSA) is 91.8 Å². The van der Waals surface area contributed by atoms with E-state index in [0.29, 0.717) is 37.4 Å². The molecule has 8 nitrogen and oxygen atoms in total. The molecule has 0 atom stereocenters. The minimum atomic E-state index is -0.558. The lowest BCUT2D eigenvalue weighted by molar-refractivity contribution is -0.135. The van der Waals surface area contributed by atoms with Crippen molar-refractivity contribution in [1.82, 2.24) is 14.8 Å². The van der Waals surface area contributed by atoms with E-state index in [9.17, 15) is 14.4 Å². The predicted octanol–water partition coefficient (Wildman–Crippen LogP) is 3.38. The molecule has 170 valence electrons. The van der Waals surface area contributed by atoms with Gasteiger partial charge in [-0.05, 0) is 37.6 Å². The maximum Gasteiger partial charge on any atom is 0.340 e. The normalized spacial score (nSPS) is 13.6. The van der Waals surface area contributed by atoms with Crippen LogP contribution in [0, 0.1) is 13.8 Å². The van der Waals surface area contributed by atoms with Crippen molar-refractivity contribution < 1.29 is 19.1 Å². The van der Waals surface area contributed by atoms with Gasteiger partial charge in [0.05, 0.1) is 16.8 Å². The number of carbonyl (C=O) groups excluding carboxylic acids is 3. The molecule has 1 aliphatic rings. The first-order valence-electron chi connectivity index (χ1n) is 10.9. The minimum Gasteiger partial charge on any atom is -0.452 e. The van der Waals surface area contributed by atoms with Crippen LogP contribution in [0.2, 0.25) is 0 Å². The van der Waals surface area contributed by atoms with Gasteiger partial charge in [-0.15, -0.1) is 0 Å². The fourth-order valence-corrected chi connectivity index (χ4v) is 4.01. The number of nitrogens with zero attached hydrogens (tertiary/aromatic N) is 3. The van der Waals surface area contributed by atoms with Gasteiger partial charge in [0.15, 0.2) is 6.61 Å². The Balaban J connectivity index is 1.31. The third-order valence-electron chi connectivity index (χ3n) is 5.81. The van der Waals surface area contributed by atoms with Crippen molar-refractivity contribution in [1.29, 1.82) is 0 Å². The second-order valence-electron chi connectivity index (χ2n) is 7.95. The molecule has 2 aromatic carbocycles. The Kier molecular flexibility index (Phi) is 6.53. The first kappa shape index (κ1) is 22.3. The largest absolute Gasteiger partial charge is 0.452 e. The lowest BCUT2D eigenvalue weighted by atomic mass is 10.0. The van der Waals surface area contributed by atoms with Crippen LogP contribution >= 0.6 is 0 Å². The van der Waals surface area contributed by atoms with Crippen LogP contribution in [0.25, 0.3) is 10.9 Å². The molecule has 1 aliphatic heterocycles. The number of ether oxygens (including phenoxy) is 1. The zero-order valence-electron chi connectivity index (χ0n) is 18.7. The molecule has 4 rings (SSSR count). The highest BCUT2D eigenvalue weighted by molar-refractivity contribution is 5.99. The van der Waals surface area contributed by atoms with Crippen LogP contribution in [-0.4, -0.2) is 65.5 Å². The van der Waals surface area contributed by atoms with Gasteiger partial charge in [0.25, 0.3) is 5.91 Å². The third kappa shape index (κ3) is 4.95. The van der Waals surface area contributed by atoms with E-state index < -0.39 is 5.97 Å². The number of urea groups is 1. The molecule has 3 aromatic rings. The average Bonchev–Trinajstić information content (AvgIpc) is 2.83. The van der Waals surface area contributed by atoms with E-state index in [1.807, 2.05) is 61.5 Å². The highest BCUT2D eigenvalue weighted by atomic mass is 16.5. The Morgan fingerprint density at radius 1 is 0.909 bits per heavy atom. The Hall–Kier alpha value is -3.94. The van der Waals surface area contributed by atoms with Crippen molar-refractivity contribution in [3.8, 4) is 0 Å². The van der Waals surface area contributed by atoms with Crippen LogP contribution in [0.3, 0.4) is 0 Å². The third-order valence-corrected chi connectivity index (χ3v) is 5.81. The van der Waals surface area contributed by atoms with Crippen molar-refractivity contribution in [3.63, 3.8) is 0 Å². The van der Waals surface area contributed by atoms with Crippen LogP contribution in [0.5, 0.6) is 0 Å². The highest BCUT2D eigenvalue weighted by Gasteiger charge is 2.26. The smallest absolute Gasteiger partial charge is 0.340 e. The zero-order valence-corrected chi connectivity index (χ0v) is 18.7. The summed E-state index contributed by atoms with van der Waals surface area (Å²) in [7, 11) is 0. The first-order valence-corrected chi connectivity index (χ1v) is 10.9. The van der Waals surface area contributed by atoms with E-state index in [1.54, 1.807) is 16.7 Å². The molecule has 0 bridgehead atoms. The number of hydrogen-bond donors (Lipinski definition) is 1. The molecule has 1 saturated heterocycles. The molecule has 33 heavy (non-hydrogen) atoms. The second-order valence-corrected chi connectivity index (χ2v) is 7.95. The van der Waals surface area contributed by atoms with Crippen molar-refractivity contribution in [2.24, 2.45) is 0 Å². The summed E-state index contributed by atoms with van der Waals surface area (Å²) < 4.78 is 5.34. The summed E-state index contributed by atoms with van der Waals surface area (Å²) in [4.78, 5) is 45.5. The molecule has 1 aromatic heterocycles. The van der Waals surface area contributed by atoms with Gasteiger partial charge in [0.2, 0.25) is 0 Å². The number of carbonyl (C=O) groups is 3. The number of piperazine rings is 1. The Morgan fingerprint density at radius 3 is 2.27 bits per heavy atom. The summed E-state index contributed by atoms with van der Waals surface area (Å²) in [5.41, 5.74) is 3.29. The Bertz CT molecular complexity index is 1190. The maximum atomic E-state index is 12.7. The first-order chi connectivity index (χ1) is 15.9. The summed E-state index contributed by atoms with van der Waals surface area (Å²) in [5.74, 6) is -0.840. The fraction of sp³-hybridized carbons (Fsp3) is 0.280. The number of esters is 1. The van der Waals surface area contributed by atoms with Gasteiger partial charge in [0.1, 0.15) is 0 Å². The molecule has 0 radical (unpaired) electrons. The maximum absolute atomic E-state index is 12.7. The summed E-state index contributed by atoms with van der Waals surface area (Å²) in [6.07, 6.45) is 0. The quantitative estimate of drug-likeness (QED) is 0.621. The lowest BCUT2D eigenvalue weighted by Crippen LogP contribution is -2.52. The van der Waals surface area contributed by atoms with E-state index in [0.717, 1.165) is 22.2 Å². The lowest BCUT2D eigenvalue weighted by Gasteiger charge is -2.34. The predicted molar refractivity (Wildman–Crippen MR) is 125 cm³/mol. The molecule has 8 heteroatoms. The molecule has 0 aliphatic carbocycles. The SMILES string of the molecule is Cc1nc2ccccc2c(C)c1C(=O)OCC(=O)N1CCN(C(=O)Nc2ccccc2)CC1. The molecular formula is C25H26N4O4. The highest BCUT2D eigenvalue weighted by Crippen LogP contribution is 2.23. The number of benzene rings is 2. The number of fused-ring (bicyclic) bond motifs is 1. The molecule has 2 heterocycles. The van der Waals surface area contributed by atoms with E-state index in [2.05, 4.69) is 10.3 Å². The van der Waals surface area contributed by atoms with E-state index in [-0.39, 0.29) is 18.5 Å². The number of nitrogens with one attached hydrogen (secondary N) is 1. The van der Waals surface area contributed by atoms with Gasteiger partial charge in [-0.2, -0.15) is 0 Å². The molecular weight excluding hydrogens is 420 g/mol. The van der Waals surface area contributed by atoms with E-state index in [1.165, 1.54) is 0 Å². The van der Waals surface area contributed by atoms with Crippen molar-refractivity contribution >= 4 is 34.5 Å². The van der Waals surface area contributed by atoms with Crippen molar-refractivity contribution in [2.75, 3.05) is 38.1 Å². The van der Waals surface area contributed by atoms with E-state index in [4.69, 9.17) is 4.74 Å². The number of aryl methyl sites for hydroxylation is 2. The second kappa shape index (κ2) is 9.68. The number of rotatable bonds is 4. The minimum absolute atomic E-state index is 0.200. The number of amides is 3. The molecule has 0 unspecified atom stereocenters. The van der Waals surface area contributed by atoms with Gasteiger partial charge in [-0.25, -0.2) is 9.59 Å². The van der Waals surface area contributed by atoms with Crippen molar-refractivity contribution in [2.45, 2.75) is 13.8 Å². The van der Waals surface area contributed by atoms with Crippen molar-refractivity contribution in [3.05, 3.63) is 71.4 Å². The Labute approximate surface area is 192 Å². The van der Waals surface area contributed by atoms with Gasteiger partial charge >= 0.3 is 12.0 Å². The number of hydrogen-bond acceptors (Lipinski definition) is 5. The van der Waals surface area contributed by atoms with E-state index >= 15 is 0 Å². The average molecular weight is 447 g/mol. The van der Waals surface area contributed by atoms with Crippen LogP contribution < -0.4 is 5.32 Å². The number of para-hydroxylation sites is 2. The van der Waals surface area contributed by atoms with Crippen LogP contribution in [0.15, 0.2) is 54.6 Å². The van der Waals surface area contributed by atoms with Crippen LogP contribution in [0.4, 0.5) is 10.5 Å². The zero-order chi connectivity index (χ0) is 23.4. The summed E-state index contributed by atoms with van der Waals surface area (Å²) in [6.45, 7) is 4.85. The molecule has 0 saturated carbocycles. The number of anilines is 1. The van der Waals surface area contributed by atoms with Gasteiger partial charge in [-0.1, -0.05) is 36.4 Å². The van der Waals surface area contributed by atoms with Gasteiger partial charge in [-0.3, -0.25) is 9.78 Å². The monoisotopic (exact) mass is 446 g/mol. The molecule has 1 N–H and O–H groups in total. The number of pyridine rings is 1. The standard InChI is InChI=1S/C25H26N4O4/c1-17-20-10-6-7-11-21(20)26-18(2)23(17)24(31)33-16-22(30)28-12-14-29(15-13-28)25(32)27-19-8-4-3-5-9-19/h3-11H,12-16H2,1-2H3,(H,27,32).